The third-order valence-electron chi connectivity index (χ3n) is 2.66. The van der Waals surface area contributed by atoms with Gasteiger partial charge in [-0.1, -0.05) is 0 Å². The van der Waals surface area contributed by atoms with E-state index >= 15 is 0 Å². The molecule has 92 valence electrons. The summed E-state index contributed by atoms with van der Waals surface area (Å²) in [7, 11) is 1.74. The van der Waals surface area contributed by atoms with Gasteiger partial charge in [0.25, 0.3) is 0 Å². The van der Waals surface area contributed by atoms with E-state index in [0.717, 1.165) is 6.42 Å². The summed E-state index contributed by atoms with van der Waals surface area (Å²) in [5, 5.41) is 2.59. The van der Waals surface area contributed by atoms with Crippen molar-refractivity contribution in [1.29, 1.82) is 0 Å². The summed E-state index contributed by atoms with van der Waals surface area (Å²) in [6.07, 6.45) is 0.849. The topological polar surface area (TPSA) is 58.6 Å². The Labute approximate surface area is 101 Å². The van der Waals surface area contributed by atoms with E-state index in [1.165, 1.54) is 6.92 Å². The normalized spacial score (nSPS) is 21.6. The van der Waals surface area contributed by atoms with Crippen molar-refractivity contribution in [3.05, 3.63) is 0 Å². The number of ether oxygens (including phenoxy) is 1. The third-order valence-corrected chi connectivity index (χ3v) is 3.02. The van der Waals surface area contributed by atoms with E-state index in [0.29, 0.717) is 19.0 Å². The van der Waals surface area contributed by atoms with Crippen LogP contribution in [0.15, 0.2) is 0 Å². The highest BCUT2D eigenvalue weighted by molar-refractivity contribution is 7.80. The summed E-state index contributed by atoms with van der Waals surface area (Å²) in [5.74, 6) is -0.0276. The maximum absolute atomic E-state index is 12.0. The molecular formula is C10H18N2O3S. The molecule has 2 unspecified atom stereocenters. The van der Waals surface area contributed by atoms with Crippen LogP contribution in [0, 0.1) is 0 Å². The molecule has 6 heteroatoms. The number of thiol groups is 1. The summed E-state index contributed by atoms with van der Waals surface area (Å²) in [5.41, 5.74) is 0. The number of rotatable bonds is 4. The fourth-order valence-corrected chi connectivity index (χ4v) is 1.93. The van der Waals surface area contributed by atoms with Crippen LogP contribution in [0.1, 0.15) is 13.3 Å². The Balaban J connectivity index is 2.55. The molecule has 0 aromatic heterocycles. The lowest BCUT2D eigenvalue weighted by molar-refractivity contribution is -0.136. The fraction of sp³-hybridized carbons (Fsp3) is 0.800. The predicted molar refractivity (Wildman–Crippen MR) is 63.5 cm³/mol. The second-order valence-corrected chi connectivity index (χ2v) is 4.27. The van der Waals surface area contributed by atoms with Crippen molar-refractivity contribution in [2.45, 2.75) is 25.4 Å². The molecule has 0 radical (unpaired) electrons. The minimum atomic E-state index is -0.550. The molecule has 2 amide bonds. The average molecular weight is 246 g/mol. The summed E-state index contributed by atoms with van der Waals surface area (Å²) in [6, 6.07) is -0.435. The van der Waals surface area contributed by atoms with Crippen LogP contribution in [0.25, 0.3) is 0 Å². The van der Waals surface area contributed by atoms with Crippen molar-refractivity contribution in [2.75, 3.05) is 26.0 Å². The number of carbonyl (C=O) groups is 2. The minimum absolute atomic E-state index is 0.110. The van der Waals surface area contributed by atoms with Gasteiger partial charge in [0.2, 0.25) is 11.8 Å². The van der Waals surface area contributed by atoms with Gasteiger partial charge in [-0.2, -0.15) is 12.6 Å². The van der Waals surface area contributed by atoms with E-state index in [9.17, 15) is 9.59 Å². The second kappa shape index (κ2) is 6.10. The lowest BCUT2D eigenvalue weighted by Crippen LogP contribution is -2.51. The van der Waals surface area contributed by atoms with Gasteiger partial charge >= 0.3 is 0 Å². The van der Waals surface area contributed by atoms with Crippen LogP contribution in [-0.4, -0.2) is 54.8 Å². The highest BCUT2D eigenvalue weighted by atomic mass is 32.1. The van der Waals surface area contributed by atoms with Gasteiger partial charge in [0.05, 0.1) is 12.6 Å². The number of likely N-dealkylation sites (N-methyl/N-ethyl adjacent to an activating group) is 1. The average Bonchev–Trinajstić information content (AvgIpc) is 2.76. The molecule has 16 heavy (non-hydrogen) atoms. The van der Waals surface area contributed by atoms with Gasteiger partial charge in [-0.25, -0.2) is 0 Å². The van der Waals surface area contributed by atoms with Gasteiger partial charge in [-0.05, 0) is 6.42 Å². The van der Waals surface area contributed by atoms with Crippen LogP contribution in [-0.2, 0) is 14.3 Å². The molecule has 1 N–H and O–H groups in total. The molecule has 0 saturated carbocycles. The highest BCUT2D eigenvalue weighted by Crippen LogP contribution is 2.12. The van der Waals surface area contributed by atoms with E-state index in [-0.39, 0.29) is 17.9 Å². The van der Waals surface area contributed by atoms with Crippen LogP contribution in [0.5, 0.6) is 0 Å². The number of amides is 2. The van der Waals surface area contributed by atoms with E-state index < -0.39 is 6.04 Å². The number of nitrogens with one attached hydrogen (secondary N) is 1. The van der Waals surface area contributed by atoms with Gasteiger partial charge < -0.3 is 15.0 Å². The Bertz CT molecular complexity index is 267. The maximum atomic E-state index is 12.0. The number of carbonyl (C=O) groups excluding carboxylic acids is 2. The Hall–Kier alpha value is -0.750. The molecule has 1 saturated heterocycles. The lowest BCUT2D eigenvalue weighted by Gasteiger charge is -2.27. The first-order chi connectivity index (χ1) is 7.56. The van der Waals surface area contributed by atoms with Crippen LogP contribution in [0.3, 0.4) is 0 Å². The first-order valence-corrected chi connectivity index (χ1v) is 5.92. The second-order valence-electron chi connectivity index (χ2n) is 3.90. The van der Waals surface area contributed by atoms with Crippen LogP contribution < -0.4 is 5.32 Å². The number of hydrogen-bond donors (Lipinski definition) is 2. The molecule has 1 aliphatic rings. The summed E-state index contributed by atoms with van der Waals surface area (Å²) >= 11 is 4.07. The van der Waals surface area contributed by atoms with Gasteiger partial charge in [0, 0.05) is 26.3 Å². The standard InChI is InChI=1S/C10H18N2O3S/c1-7(13)11-9(6-16)10(14)12(2)8-3-4-15-5-8/h8-9,16H,3-6H2,1-2H3,(H,11,13). The predicted octanol–water partition coefficient (Wildman–Crippen LogP) is -0.332. The van der Waals surface area contributed by atoms with Gasteiger partial charge in [-0.15, -0.1) is 0 Å². The molecule has 2 atom stereocenters. The number of hydrogen-bond acceptors (Lipinski definition) is 4. The molecule has 0 aliphatic carbocycles. The fourth-order valence-electron chi connectivity index (χ4n) is 1.68. The molecule has 0 bridgehead atoms. The summed E-state index contributed by atoms with van der Waals surface area (Å²) in [4.78, 5) is 24.6. The van der Waals surface area contributed by atoms with Crippen molar-refractivity contribution in [3.63, 3.8) is 0 Å². The number of nitrogens with zero attached hydrogens (tertiary/aromatic N) is 1. The first kappa shape index (κ1) is 13.3. The quantitative estimate of drug-likeness (QED) is 0.668. The zero-order valence-electron chi connectivity index (χ0n) is 9.60. The van der Waals surface area contributed by atoms with E-state index in [2.05, 4.69) is 17.9 Å². The van der Waals surface area contributed by atoms with Crippen molar-refractivity contribution in [2.24, 2.45) is 0 Å². The molecule has 1 heterocycles. The molecule has 1 rings (SSSR count). The largest absolute Gasteiger partial charge is 0.379 e. The molecule has 0 spiro atoms. The smallest absolute Gasteiger partial charge is 0.246 e. The summed E-state index contributed by atoms with van der Waals surface area (Å²) in [6.45, 7) is 2.65. The SMILES string of the molecule is CC(=O)NC(CS)C(=O)N(C)C1CCOC1. The third kappa shape index (κ3) is 3.38. The van der Waals surface area contributed by atoms with E-state index in [1.54, 1.807) is 11.9 Å². The molecule has 1 fully saturated rings. The Kier molecular flexibility index (Phi) is 5.08. The van der Waals surface area contributed by atoms with Crippen LogP contribution >= 0.6 is 12.6 Å². The lowest BCUT2D eigenvalue weighted by atomic mass is 10.2. The maximum Gasteiger partial charge on any atom is 0.246 e. The van der Waals surface area contributed by atoms with Crippen LogP contribution in [0.4, 0.5) is 0 Å². The summed E-state index contributed by atoms with van der Waals surface area (Å²) < 4.78 is 5.22. The van der Waals surface area contributed by atoms with Gasteiger partial charge in [0.1, 0.15) is 6.04 Å². The molecule has 0 aromatic rings. The zero-order valence-corrected chi connectivity index (χ0v) is 10.5. The Morgan fingerprint density at radius 3 is 2.75 bits per heavy atom. The monoisotopic (exact) mass is 246 g/mol. The molecular weight excluding hydrogens is 228 g/mol. The van der Waals surface area contributed by atoms with Crippen molar-refractivity contribution >= 4 is 24.4 Å². The van der Waals surface area contributed by atoms with Crippen LogP contribution in [0.2, 0.25) is 0 Å². The Morgan fingerprint density at radius 2 is 2.31 bits per heavy atom. The zero-order chi connectivity index (χ0) is 12.1. The molecule has 1 aliphatic heterocycles. The molecule has 0 aromatic carbocycles. The van der Waals surface area contributed by atoms with Gasteiger partial charge in [-0.3, -0.25) is 9.59 Å². The van der Waals surface area contributed by atoms with E-state index in [4.69, 9.17) is 4.74 Å². The van der Waals surface area contributed by atoms with Crippen molar-refractivity contribution in [3.8, 4) is 0 Å². The Morgan fingerprint density at radius 1 is 1.62 bits per heavy atom. The minimum Gasteiger partial charge on any atom is -0.379 e. The van der Waals surface area contributed by atoms with E-state index in [1.807, 2.05) is 0 Å². The van der Waals surface area contributed by atoms with Crippen molar-refractivity contribution < 1.29 is 14.3 Å². The van der Waals surface area contributed by atoms with Crippen molar-refractivity contribution in [1.82, 2.24) is 10.2 Å². The molecule has 5 nitrogen and oxygen atoms in total. The van der Waals surface area contributed by atoms with Gasteiger partial charge in [0.15, 0.2) is 0 Å². The first-order valence-electron chi connectivity index (χ1n) is 5.28. The highest BCUT2D eigenvalue weighted by Gasteiger charge is 2.28.